The molecule has 1 aromatic carbocycles. The number of carbonyl (C=O) groups excluding carboxylic acids is 1. The van der Waals surface area contributed by atoms with Gasteiger partial charge in [0.05, 0.1) is 0 Å². The number of aryl methyl sites for hydroxylation is 1. The maximum Gasteiger partial charge on any atom is 0.411 e. The van der Waals surface area contributed by atoms with Crippen LogP contribution in [0.5, 0.6) is 0 Å². The van der Waals surface area contributed by atoms with Gasteiger partial charge in [-0.05, 0) is 43.5 Å². The lowest BCUT2D eigenvalue weighted by atomic mass is 10.1. The van der Waals surface area contributed by atoms with Gasteiger partial charge in [0.15, 0.2) is 0 Å². The summed E-state index contributed by atoms with van der Waals surface area (Å²) in [6.45, 7) is 1.45. The maximum absolute atomic E-state index is 13.0. The third-order valence-corrected chi connectivity index (χ3v) is 3.07. The largest absolute Gasteiger partial charge is 0.411 e. The summed E-state index contributed by atoms with van der Waals surface area (Å²) in [5, 5.41) is 1.98. The van der Waals surface area contributed by atoms with Crippen LogP contribution in [-0.2, 0) is 0 Å². The van der Waals surface area contributed by atoms with E-state index in [1.54, 1.807) is 0 Å². The second-order valence-electron chi connectivity index (χ2n) is 4.50. The average Bonchev–Trinajstić information content (AvgIpc) is 3.02. The number of rotatable bonds is 2. The Labute approximate surface area is 101 Å². The number of benzene rings is 1. The fraction of sp³-hybridized carbons (Fsp3) is 0.417. The summed E-state index contributed by atoms with van der Waals surface area (Å²) in [4.78, 5) is 11.7. The normalized spacial score (nSPS) is 17.4. The first kappa shape index (κ1) is 12.9. The summed E-state index contributed by atoms with van der Waals surface area (Å²) in [6, 6.07) is 3.47. The van der Waals surface area contributed by atoms with E-state index in [1.165, 1.54) is 19.1 Å². The van der Waals surface area contributed by atoms with Crippen LogP contribution in [0.3, 0.4) is 0 Å². The van der Waals surface area contributed by atoms with Crippen LogP contribution >= 0.6 is 0 Å². The summed E-state index contributed by atoms with van der Waals surface area (Å²) >= 11 is 0. The monoisotopic (exact) mass is 261 g/mol. The van der Waals surface area contributed by atoms with Crippen LogP contribution in [0.2, 0.25) is 0 Å². The van der Waals surface area contributed by atoms with Gasteiger partial charge >= 0.3 is 6.18 Å². The Hall–Kier alpha value is -1.59. The lowest BCUT2D eigenvalue weighted by molar-refractivity contribution is -0.163. The van der Waals surface area contributed by atoms with Crippen LogP contribution in [0.4, 0.5) is 17.6 Å². The molecule has 1 aliphatic rings. The average molecular weight is 261 g/mol. The first-order chi connectivity index (χ1) is 8.25. The Kier molecular flexibility index (Phi) is 2.83. The van der Waals surface area contributed by atoms with Gasteiger partial charge in [-0.25, -0.2) is 4.39 Å². The van der Waals surface area contributed by atoms with Crippen molar-refractivity contribution >= 4 is 5.91 Å². The molecule has 1 fully saturated rings. The highest BCUT2D eigenvalue weighted by molar-refractivity contribution is 5.95. The molecule has 0 radical (unpaired) electrons. The van der Waals surface area contributed by atoms with Crippen LogP contribution in [0, 0.1) is 12.7 Å². The second-order valence-corrected chi connectivity index (χ2v) is 4.50. The lowest BCUT2D eigenvalue weighted by Gasteiger charge is -2.20. The molecule has 1 N–H and O–H groups in total. The molecule has 0 bridgehead atoms. The number of hydrogen-bond donors (Lipinski definition) is 1. The van der Waals surface area contributed by atoms with Crippen molar-refractivity contribution in [2.24, 2.45) is 0 Å². The first-order valence-corrected chi connectivity index (χ1v) is 5.41. The number of hydrogen-bond acceptors (Lipinski definition) is 1. The van der Waals surface area contributed by atoms with Crippen LogP contribution in [0.25, 0.3) is 0 Å². The SMILES string of the molecule is Cc1cc(C(=O)NC2(C(F)(F)F)CC2)ccc1F. The zero-order valence-electron chi connectivity index (χ0n) is 9.57. The molecule has 1 amide bonds. The molecule has 0 atom stereocenters. The Morgan fingerprint density at radius 2 is 1.94 bits per heavy atom. The van der Waals surface area contributed by atoms with E-state index in [0.717, 1.165) is 6.07 Å². The molecule has 1 saturated carbocycles. The highest BCUT2D eigenvalue weighted by Gasteiger charge is 2.64. The minimum absolute atomic E-state index is 0.0319. The second kappa shape index (κ2) is 3.96. The molecule has 1 aromatic rings. The molecule has 2 rings (SSSR count). The summed E-state index contributed by atoms with van der Waals surface area (Å²) in [7, 11) is 0. The van der Waals surface area contributed by atoms with Crippen molar-refractivity contribution in [1.82, 2.24) is 5.32 Å². The van der Waals surface area contributed by atoms with Gasteiger partial charge in [-0.3, -0.25) is 4.79 Å². The maximum atomic E-state index is 13.0. The van der Waals surface area contributed by atoms with E-state index in [0.29, 0.717) is 0 Å². The molecule has 98 valence electrons. The van der Waals surface area contributed by atoms with E-state index in [9.17, 15) is 22.4 Å². The molecule has 0 aromatic heterocycles. The van der Waals surface area contributed by atoms with Gasteiger partial charge in [0.1, 0.15) is 11.4 Å². The molecule has 6 heteroatoms. The van der Waals surface area contributed by atoms with Gasteiger partial charge < -0.3 is 5.32 Å². The predicted octanol–water partition coefficient (Wildman–Crippen LogP) is 2.96. The number of amides is 1. The lowest BCUT2D eigenvalue weighted by Crippen LogP contribution is -2.47. The number of alkyl halides is 3. The third-order valence-electron chi connectivity index (χ3n) is 3.07. The smallest absolute Gasteiger partial charge is 0.338 e. The van der Waals surface area contributed by atoms with E-state index in [-0.39, 0.29) is 24.0 Å². The first-order valence-electron chi connectivity index (χ1n) is 5.41. The van der Waals surface area contributed by atoms with Gasteiger partial charge in [0.25, 0.3) is 5.91 Å². The fourth-order valence-corrected chi connectivity index (χ4v) is 1.68. The third kappa shape index (κ3) is 2.19. The van der Waals surface area contributed by atoms with Gasteiger partial charge in [-0.2, -0.15) is 13.2 Å². The van der Waals surface area contributed by atoms with Crippen molar-refractivity contribution in [3.05, 3.63) is 35.1 Å². The zero-order chi connectivity index (χ0) is 13.6. The Morgan fingerprint density at radius 3 is 2.39 bits per heavy atom. The van der Waals surface area contributed by atoms with Crippen LogP contribution in [0.15, 0.2) is 18.2 Å². The standard InChI is InChI=1S/C12H11F4NO/c1-7-6-8(2-3-9(7)13)10(18)17-11(4-5-11)12(14,15)16/h2-3,6H,4-5H2,1H3,(H,17,18). The molecule has 2 nitrogen and oxygen atoms in total. The highest BCUT2D eigenvalue weighted by Crippen LogP contribution is 2.49. The molecule has 18 heavy (non-hydrogen) atoms. The van der Waals surface area contributed by atoms with Crippen molar-refractivity contribution in [1.29, 1.82) is 0 Å². The molecule has 0 saturated heterocycles. The van der Waals surface area contributed by atoms with E-state index in [1.807, 2.05) is 5.32 Å². The quantitative estimate of drug-likeness (QED) is 0.815. The molecule has 0 unspecified atom stereocenters. The summed E-state index contributed by atoms with van der Waals surface area (Å²) in [5.74, 6) is -1.32. The van der Waals surface area contributed by atoms with E-state index in [2.05, 4.69) is 0 Å². The molecule has 0 spiro atoms. The topological polar surface area (TPSA) is 29.1 Å². The van der Waals surface area contributed by atoms with E-state index < -0.39 is 23.4 Å². The number of halogens is 4. The predicted molar refractivity (Wildman–Crippen MR) is 56.6 cm³/mol. The zero-order valence-corrected chi connectivity index (χ0v) is 9.57. The van der Waals surface area contributed by atoms with Crippen LogP contribution in [0.1, 0.15) is 28.8 Å². The van der Waals surface area contributed by atoms with Crippen molar-refractivity contribution in [2.75, 3.05) is 0 Å². The van der Waals surface area contributed by atoms with Crippen molar-refractivity contribution in [2.45, 2.75) is 31.5 Å². The van der Waals surface area contributed by atoms with Crippen LogP contribution < -0.4 is 5.32 Å². The van der Waals surface area contributed by atoms with Crippen molar-refractivity contribution < 1.29 is 22.4 Å². The molecular formula is C12H11F4NO. The molecule has 0 aliphatic heterocycles. The van der Waals surface area contributed by atoms with Crippen molar-refractivity contribution in [3.8, 4) is 0 Å². The summed E-state index contributed by atoms with van der Waals surface area (Å²) in [5.41, 5.74) is -1.84. The highest BCUT2D eigenvalue weighted by atomic mass is 19.4. The Balaban J connectivity index is 2.16. The Morgan fingerprint density at radius 1 is 1.33 bits per heavy atom. The van der Waals surface area contributed by atoms with Crippen LogP contribution in [-0.4, -0.2) is 17.6 Å². The van der Waals surface area contributed by atoms with E-state index in [4.69, 9.17) is 0 Å². The summed E-state index contributed by atoms with van der Waals surface area (Å²) < 4.78 is 50.9. The minimum atomic E-state index is -4.45. The molecular weight excluding hydrogens is 250 g/mol. The van der Waals surface area contributed by atoms with Gasteiger partial charge in [0.2, 0.25) is 0 Å². The Bertz CT molecular complexity index is 491. The van der Waals surface area contributed by atoms with Crippen molar-refractivity contribution in [3.63, 3.8) is 0 Å². The molecule has 0 heterocycles. The van der Waals surface area contributed by atoms with Gasteiger partial charge in [-0.1, -0.05) is 0 Å². The fourth-order valence-electron chi connectivity index (χ4n) is 1.68. The molecule has 1 aliphatic carbocycles. The number of carbonyl (C=O) groups is 1. The van der Waals surface area contributed by atoms with Gasteiger partial charge in [0, 0.05) is 5.56 Å². The van der Waals surface area contributed by atoms with E-state index >= 15 is 0 Å². The van der Waals surface area contributed by atoms with Gasteiger partial charge in [-0.15, -0.1) is 0 Å². The minimum Gasteiger partial charge on any atom is -0.338 e. The number of nitrogens with one attached hydrogen (secondary N) is 1. The summed E-state index contributed by atoms with van der Waals surface area (Å²) in [6.07, 6.45) is -4.66.